The van der Waals surface area contributed by atoms with Gasteiger partial charge in [0.2, 0.25) is 5.91 Å². The summed E-state index contributed by atoms with van der Waals surface area (Å²) < 4.78 is 5.47. The molecular weight excluding hydrogens is 274 g/mol. The fraction of sp³-hybridized carbons (Fsp3) is 0.357. The first-order valence-electron chi connectivity index (χ1n) is 6.48. The largest absolute Gasteiger partial charge is 0.377 e. The van der Waals surface area contributed by atoms with Gasteiger partial charge >= 0.3 is 0 Å². The minimum atomic E-state index is -0.0274. The van der Waals surface area contributed by atoms with E-state index in [0.717, 1.165) is 24.2 Å². The monoisotopic (exact) mass is 291 g/mol. The van der Waals surface area contributed by atoms with Crippen molar-refractivity contribution in [2.75, 3.05) is 12.4 Å². The molecule has 2 rings (SSSR count). The minimum Gasteiger partial charge on any atom is -0.377 e. The van der Waals surface area contributed by atoms with Gasteiger partial charge in [-0.3, -0.25) is 4.79 Å². The summed E-state index contributed by atoms with van der Waals surface area (Å²) in [5.74, 6) is 0.390. The zero-order valence-corrected chi connectivity index (χ0v) is 12.2. The first-order chi connectivity index (χ1) is 9.78. The molecule has 20 heavy (non-hydrogen) atoms. The summed E-state index contributed by atoms with van der Waals surface area (Å²) in [5, 5.41) is 11.1. The van der Waals surface area contributed by atoms with Crippen molar-refractivity contribution in [2.45, 2.75) is 20.0 Å². The Hall–Kier alpha value is -1.66. The molecule has 5 nitrogen and oxygen atoms in total. The first-order valence-corrected chi connectivity index (χ1v) is 7.47. The van der Waals surface area contributed by atoms with Crippen molar-refractivity contribution in [1.82, 2.24) is 5.32 Å². The van der Waals surface area contributed by atoms with Gasteiger partial charge in [-0.25, -0.2) is 0 Å². The van der Waals surface area contributed by atoms with E-state index in [-0.39, 0.29) is 5.91 Å². The lowest BCUT2D eigenvalue weighted by Crippen LogP contribution is -2.19. The van der Waals surface area contributed by atoms with Gasteiger partial charge in [0.25, 0.3) is 0 Å². The Balaban J connectivity index is 1.85. The summed E-state index contributed by atoms with van der Waals surface area (Å²) in [6.07, 6.45) is 2.69. The van der Waals surface area contributed by atoms with E-state index in [1.165, 1.54) is 11.8 Å². The predicted molar refractivity (Wildman–Crippen MR) is 82.0 cm³/mol. The normalized spacial score (nSPS) is 17.1. The Morgan fingerprint density at radius 1 is 1.40 bits per heavy atom. The molecule has 106 valence electrons. The summed E-state index contributed by atoms with van der Waals surface area (Å²) in [6, 6.07) is 7.95. The molecular formula is C14H17N3O2S. The Kier molecular flexibility index (Phi) is 5.76. The molecule has 1 fully saturated rings. The molecule has 0 unspecified atom stereocenters. The number of ether oxygens (including phenoxy) is 1. The minimum absolute atomic E-state index is 0.0274. The number of thioether (sulfide) groups is 1. The number of amidine groups is 1. The second kappa shape index (κ2) is 7.81. The van der Waals surface area contributed by atoms with Crippen LogP contribution in [0.5, 0.6) is 0 Å². The second-order valence-corrected chi connectivity index (χ2v) is 5.24. The fourth-order valence-electron chi connectivity index (χ4n) is 1.56. The lowest BCUT2D eigenvalue weighted by Gasteiger charge is -2.02. The van der Waals surface area contributed by atoms with Crippen LogP contribution in [0, 0.1) is 0 Å². The highest BCUT2D eigenvalue weighted by molar-refractivity contribution is 8.15. The summed E-state index contributed by atoms with van der Waals surface area (Å²) in [7, 11) is 0. The molecule has 1 N–H and O–H groups in total. The first kappa shape index (κ1) is 14.7. The van der Waals surface area contributed by atoms with Gasteiger partial charge in [-0.2, -0.15) is 5.10 Å². The topological polar surface area (TPSA) is 63.1 Å². The molecule has 0 spiro atoms. The van der Waals surface area contributed by atoms with Crippen LogP contribution in [0.3, 0.4) is 0 Å². The van der Waals surface area contributed by atoms with E-state index in [1.54, 1.807) is 6.21 Å². The van der Waals surface area contributed by atoms with Gasteiger partial charge in [-0.1, -0.05) is 43.0 Å². The van der Waals surface area contributed by atoms with E-state index in [0.29, 0.717) is 17.5 Å². The van der Waals surface area contributed by atoms with Gasteiger partial charge in [0.05, 0.1) is 18.6 Å². The molecule has 0 aliphatic carbocycles. The number of nitrogens with zero attached hydrogens (tertiary/aromatic N) is 2. The summed E-state index contributed by atoms with van der Waals surface area (Å²) >= 11 is 1.36. The molecule has 0 atom stereocenters. The summed E-state index contributed by atoms with van der Waals surface area (Å²) in [6.45, 7) is 3.51. The lowest BCUT2D eigenvalue weighted by molar-refractivity contribution is -0.116. The Morgan fingerprint density at radius 3 is 2.85 bits per heavy atom. The molecule has 0 radical (unpaired) electrons. The van der Waals surface area contributed by atoms with Crippen LogP contribution in [0.4, 0.5) is 0 Å². The maximum Gasteiger partial charge on any atom is 0.236 e. The average Bonchev–Trinajstić information content (AvgIpc) is 2.87. The molecule has 0 saturated carbocycles. The van der Waals surface area contributed by atoms with Crippen LogP contribution in [0.25, 0.3) is 0 Å². The predicted octanol–water partition coefficient (Wildman–Crippen LogP) is 2.17. The molecule has 0 aromatic heterocycles. The molecule has 1 aliphatic heterocycles. The van der Waals surface area contributed by atoms with E-state index in [9.17, 15) is 4.79 Å². The zero-order valence-electron chi connectivity index (χ0n) is 11.3. The van der Waals surface area contributed by atoms with Crippen LogP contribution >= 0.6 is 11.8 Å². The highest BCUT2D eigenvalue weighted by Crippen LogP contribution is 2.09. The fourth-order valence-corrected chi connectivity index (χ4v) is 2.19. The third-order valence-corrected chi connectivity index (χ3v) is 3.40. The third-order valence-electron chi connectivity index (χ3n) is 2.54. The van der Waals surface area contributed by atoms with Crippen molar-refractivity contribution in [3.05, 3.63) is 35.4 Å². The van der Waals surface area contributed by atoms with Crippen molar-refractivity contribution in [2.24, 2.45) is 10.2 Å². The Morgan fingerprint density at radius 2 is 2.20 bits per heavy atom. The quantitative estimate of drug-likeness (QED) is 0.496. The molecule has 1 heterocycles. The third kappa shape index (κ3) is 4.79. The van der Waals surface area contributed by atoms with Crippen molar-refractivity contribution >= 4 is 29.1 Å². The van der Waals surface area contributed by atoms with Gasteiger partial charge in [-0.05, 0) is 17.5 Å². The van der Waals surface area contributed by atoms with Crippen molar-refractivity contribution in [1.29, 1.82) is 0 Å². The van der Waals surface area contributed by atoms with Crippen LogP contribution in [0.1, 0.15) is 24.5 Å². The Bertz CT molecular complexity index is 512. The van der Waals surface area contributed by atoms with Crippen LogP contribution in [-0.4, -0.2) is 29.6 Å². The van der Waals surface area contributed by atoms with Gasteiger partial charge < -0.3 is 10.1 Å². The van der Waals surface area contributed by atoms with Gasteiger partial charge in [0, 0.05) is 6.61 Å². The SMILES string of the molecule is CCCOCc1ccc(C=NN=C2NC(=O)CS2)cc1. The molecule has 1 aliphatic rings. The number of benzene rings is 1. The number of amides is 1. The van der Waals surface area contributed by atoms with Crippen molar-refractivity contribution < 1.29 is 9.53 Å². The van der Waals surface area contributed by atoms with Gasteiger partial charge in [0.15, 0.2) is 5.17 Å². The number of carbonyl (C=O) groups is 1. The lowest BCUT2D eigenvalue weighted by atomic mass is 10.1. The van der Waals surface area contributed by atoms with Crippen LogP contribution in [0.2, 0.25) is 0 Å². The van der Waals surface area contributed by atoms with E-state index < -0.39 is 0 Å². The molecule has 0 bridgehead atoms. The average molecular weight is 291 g/mol. The number of hydrogen-bond donors (Lipinski definition) is 1. The molecule has 6 heteroatoms. The number of hydrogen-bond acceptors (Lipinski definition) is 5. The van der Waals surface area contributed by atoms with E-state index >= 15 is 0 Å². The van der Waals surface area contributed by atoms with Crippen LogP contribution in [-0.2, 0) is 16.1 Å². The molecule has 1 amide bonds. The van der Waals surface area contributed by atoms with E-state index in [4.69, 9.17) is 4.74 Å². The van der Waals surface area contributed by atoms with Crippen LogP contribution in [0.15, 0.2) is 34.5 Å². The van der Waals surface area contributed by atoms with E-state index in [2.05, 4.69) is 22.4 Å². The molecule has 1 saturated heterocycles. The smallest absolute Gasteiger partial charge is 0.236 e. The molecule has 1 aromatic rings. The number of rotatable bonds is 6. The number of nitrogens with one attached hydrogen (secondary N) is 1. The number of carbonyl (C=O) groups excluding carboxylic acids is 1. The van der Waals surface area contributed by atoms with Gasteiger partial charge in [0.1, 0.15) is 0 Å². The van der Waals surface area contributed by atoms with E-state index in [1.807, 2.05) is 24.3 Å². The highest BCUT2D eigenvalue weighted by Gasteiger charge is 2.15. The Labute approximate surface area is 122 Å². The standard InChI is InChI=1S/C14H17N3O2S/c1-2-7-19-9-12-5-3-11(4-6-12)8-15-17-14-16-13(18)10-20-14/h3-6,8H,2,7,9-10H2,1H3,(H,16,17,18). The second-order valence-electron chi connectivity index (χ2n) is 4.28. The van der Waals surface area contributed by atoms with Gasteiger partial charge in [-0.15, -0.1) is 5.10 Å². The maximum atomic E-state index is 11.0. The summed E-state index contributed by atoms with van der Waals surface area (Å²) in [4.78, 5) is 11.0. The summed E-state index contributed by atoms with van der Waals surface area (Å²) in [5.41, 5.74) is 2.10. The van der Waals surface area contributed by atoms with Crippen LogP contribution < -0.4 is 5.32 Å². The molecule has 1 aromatic carbocycles. The maximum absolute atomic E-state index is 11.0. The van der Waals surface area contributed by atoms with Crippen molar-refractivity contribution in [3.63, 3.8) is 0 Å². The van der Waals surface area contributed by atoms with Crippen molar-refractivity contribution in [3.8, 4) is 0 Å². The highest BCUT2D eigenvalue weighted by atomic mass is 32.2. The zero-order chi connectivity index (χ0) is 14.2.